The second kappa shape index (κ2) is 5.11. The third-order valence-corrected chi connectivity index (χ3v) is 2.35. The lowest BCUT2D eigenvalue weighted by Crippen LogP contribution is -2.09. The van der Waals surface area contributed by atoms with Crippen LogP contribution in [0.4, 0.5) is 0 Å². The summed E-state index contributed by atoms with van der Waals surface area (Å²) in [7, 11) is 0. The van der Waals surface area contributed by atoms with Gasteiger partial charge in [0.05, 0.1) is 11.1 Å². The Morgan fingerprint density at radius 1 is 1.22 bits per heavy atom. The number of benzene rings is 1. The van der Waals surface area contributed by atoms with E-state index in [1.165, 1.54) is 12.3 Å². The molecule has 18 heavy (non-hydrogen) atoms. The van der Waals surface area contributed by atoms with Crippen molar-refractivity contribution in [2.75, 3.05) is 0 Å². The molecular weight excluding hydrogens is 228 g/mol. The first-order chi connectivity index (χ1) is 8.69. The van der Waals surface area contributed by atoms with Gasteiger partial charge in [0, 0.05) is 12.3 Å². The van der Waals surface area contributed by atoms with Gasteiger partial charge in [0.15, 0.2) is 0 Å². The second-order valence-corrected chi connectivity index (χ2v) is 3.75. The summed E-state index contributed by atoms with van der Waals surface area (Å²) in [5.74, 6) is -0.285. The van der Waals surface area contributed by atoms with E-state index in [4.69, 9.17) is 10.00 Å². The van der Waals surface area contributed by atoms with Gasteiger partial charge >= 0.3 is 5.97 Å². The zero-order chi connectivity index (χ0) is 13.0. The van der Waals surface area contributed by atoms with E-state index in [0.29, 0.717) is 11.1 Å². The molecule has 0 spiro atoms. The number of aromatic nitrogens is 1. The van der Waals surface area contributed by atoms with Gasteiger partial charge in [-0.05, 0) is 25.1 Å². The number of rotatable bonds is 2. The van der Waals surface area contributed by atoms with Crippen molar-refractivity contribution in [1.82, 2.24) is 4.98 Å². The largest absolute Gasteiger partial charge is 0.404 e. The highest BCUT2D eigenvalue weighted by Gasteiger charge is 2.08. The van der Waals surface area contributed by atoms with E-state index in [-0.39, 0.29) is 5.88 Å². The molecule has 0 aliphatic heterocycles. The molecule has 0 aliphatic rings. The summed E-state index contributed by atoms with van der Waals surface area (Å²) in [6.45, 7) is 1.94. The molecular formula is C14H10N2O2. The predicted molar refractivity (Wildman–Crippen MR) is 65.1 cm³/mol. The van der Waals surface area contributed by atoms with Gasteiger partial charge in [-0.3, -0.25) is 0 Å². The minimum Gasteiger partial charge on any atom is -0.404 e. The lowest BCUT2D eigenvalue weighted by Gasteiger charge is -2.03. The van der Waals surface area contributed by atoms with Crippen molar-refractivity contribution in [2.45, 2.75) is 6.92 Å². The molecule has 0 saturated heterocycles. The quantitative estimate of drug-likeness (QED) is 0.754. The summed E-state index contributed by atoms with van der Waals surface area (Å²) in [5, 5.41) is 8.62. The van der Waals surface area contributed by atoms with Crippen LogP contribution in [0.3, 0.4) is 0 Å². The van der Waals surface area contributed by atoms with E-state index in [0.717, 1.165) is 5.56 Å². The molecule has 1 heterocycles. The summed E-state index contributed by atoms with van der Waals surface area (Å²) in [4.78, 5) is 15.6. The van der Waals surface area contributed by atoms with Gasteiger partial charge in [0.2, 0.25) is 5.88 Å². The Balaban J connectivity index is 2.11. The van der Waals surface area contributed by atoms with Gasteiger partial charge < -0.3 is 4.74 Å². The van der Waals surface area contributed by atoms with Crippen LogP contribution in [-0.4, -0.2) is 11.0 Å². The first kappa shape index (κ1) is 11.8. The van der Waals surface area contributed by atoms with E-state index < -0.39 is 5.97 Å². The highest BCUT2D eigenvalue weighted by Crippen LogP contribution is 2.10. The zero-order valence-electron chi connectivity index (χ0n) is 9.75. The van der Waals surface area contributed by atoms with E-state index >= 15 is 0 Å². The average molecular weight is 238 g/mol. The van der Waals surface area contributed by atoms with Crippen LogP contribution in [0.2, 0.25) is 0 Å². The summed E-state index contributed by atoms with van der Waals surface area (Å²) < 4.78 is 5.08. The van der Waals surface area contributed by atoms with Crippen molar-refractivity contribution in [3.8, 4) is 11.9 Å². The Kier molecular flexibility index (Phi) is 3.35. The number of nitriles is 1. The van der Waals surface area contributed by atoms with Crippen LogP contribution in [0.15, 0.2) is 42.6 Å². The number of hydrogen-bond acceptors (Lipinski definition) is 4. The van der Waals surface area contributed by atoms with E-state index in [1.54, 1.807) is 18.2 Å². The van der Waals surface area contributed by atoms with Crippen molar-refractivity contribution in [1.29, 1.82) is 5.26 Å². The van der Waals surface area contributed by atoms with Gasteiger partial charge in [0.25, 0.3) is 0 Å². The van der Waals surface area contributed by atoms with Crippen molar-refractivity contribution in [3.05, 3.63) is 59.3 Å². The molecule has 2 rings (SSSR count). The molecule has 0 fully saturated rings. The van der Waals surface area contributed by atoms with Crippen LogP contribution in [0.5, 0.6) is 5.88 Å². The molecule has 0 aliphatic carbocycles. The number of esters is 1. The van der Waals surface area contributed by atoms with Gasteiger partial charge in [-0.1, -0.05) is 17.7 Å². The van der Waals surface area contributed by atoms with Crippen LogP contribution >= 0.6 is 0 Å². The Hall–Kier alpha value is -2.67. The molecule has 0 saturated carbocycles. The molecule has 0 bridgehead atoms. The predicted octanol–water partition coefficient (Wildman–Crippen LogP) is 2.48. The number of carbonyl (C=O) groups excluding carboxylic acids is 1. The Bertz CT molecular complexity index is 595. The number of nitrogens with zero attached hydrogens (tertiary/aromatic N) is 2. The molecule has 1 aromatic carbocycles. The molecule has 0 N–H and O–H groups in total. The fraction of sp³-hybridized carbons (Fsp3) is 0.0714. The van der Waals surface area contributed by atoms with E-state index in [1.807, 2.05) is 25.1 Å². The topological polar surface area (TPSA) is 63.0 Å². The van der Waals surface area contributed by atoms with Crippen LogP contribution in [0, 0.1) is 18.3 Å². The first-order valence-corrected chi connectivity index (χ1v) is 5.34. The smallest absolute Gasteiger partial charge is 0.344 e. The Morgan fingerprint density at radius 3 is 2.50 bits per heavy atom. The van der Waals surface area contributed by atoms with Crippen molar-refractivity contribution >= 4 is 5.97 Å². The molecule has 2 aromatic rings. The highest BCUT2D eigenvalue weighted by molar-refractivity contribution is 5.90. The Labute approximate surface area is 104 Å². The van der Waals surface area contributed by atoms with Crippen LogP contribution in [-0.2, 0) is 0 Å². The summed E-state index contributed by atoms with van der Waals surface area (Å²) in [5.41, 5.74) is 1.96. The Morgan fingerprint density at radius 2 is 1.94 bits per heavy atom. The van der Waals surface area contributed by atoms with Crippen LogP contribution in [0.25, 0.3) is 0 Å². The third kappa shape index (κ3) is 2.71. The molecule has 0 unspecified atom stereocenters. The number of aryl methyl sites for hydroxylation is 1. The van der Waals surface area contributed by atoms with Gasteiger partial charge in [-0.25, -0.2) is 9.78 Å². The highest BCUT2D eigenvalue weighted by atomic mass is 16.5. The van der Waals surface area contributed by atoms with Crippen LogP contribution in [0.1, 0.15) is 21.5 Å². The molecule has 4 nitrogen and oxygen atoms in total. The van der Waals surface area contributed by atoms with Crippen LogP contribution < -0.4 is 4.74 Å². The summed E-state index contributed by atoms with van der Waals surface area (Å²) in [6, 6.07) is 12.0. The molecule has 0 radical (unpaired) electrons. The van der Waals surface area contributed by atoms with E-state index in [9.17, 15) is 4.79 Å². The summed E-state index contributed by atoms with van der Waals surface area (Å²) >= 11 is 0. The van der Waals surface area contributed by atoms with Gasteiger partial charge in [0.1, 0.15) is 6.07 Å². The normalized spacial score (nSPS) is 9.56. The molecule has 1 aromatic heterocycles. The van der Waals surface area contributed by atoms with Crippen molar-refractivity contribution < 1.29 is 9.53 Å². The van der Waals surface area contributed by atoms with E-state index in [2.05, 4.69) is 4.98 Å². The standard InChI is InChI=1S/C14H10N2O2/c1-10-2-5-12(6-3-10)14(17)18-13-7-4-11(8-15)9-16-13/h2-7,9H,1H3. The maximum atomic E-state index is 11.8. The fourth-order valence-corrected chi connectivity index (χ4v) is 1.35. The number of carbonyl (C=O) groups is 1. The third-order valence-electron chi connectivity index (χ3n) is 2.35. The molecule has 88 valence electrons. The zero-order valence-corrected chi connectivity index (χ0v) is 9.75. The number of hydrogen-bond donors (Lipinski definition) is 0. The number of ether oxygens (including phenoxy) is 1. The lowest BCUT2D eigenvalue weighted by atomic mass is 10.1. The number of pyridine rings is 1. The first-order valence-electron chi connectivity index (χ1n) is 5.34. The van der Waals surface area contributed by atoms with Crippen molar-refractivity contribution in [2.24, 2.45) is 0 Å². The minimum absolute atomic E-state index is 0.180. The fourth-order valence-electron chi connectivity index (χ4n) is 1.35. The molecule has 0 atom stereocenters. The van der Waals surface area contributed by atoms with Gasteiger partial charge in [-0.15, -0.1) is 0 Å². The monoisotopic (exact) mass is 238 g/mol. The second-order valence-electron chi connectivity index (χ2n) is 3.75. The lowest BCUT2D eigenvalue weighted by molar-refractivity contribution is 0.0727. The average Bonchev–Trinajstić information content (AvgIpc) is 2.40. The SMILES string of the molecule is Cc1ccc(C(=O)Oc2ccc(C#N)cn2)cc1. The molecule has 4 heteroatoms. The molecule has 0 amide bonds. The van der Waals surface area contributed by atoms with Crippen molar-refractivity contribution in [3.63, 3.8) is 0 Å². The van der Waals surface area contributed by atoms with Gasteiger partial charge in [-0.2, -0.15) is 5.26 Å². The summed E-state index contributed by atoms with van der Waals surface area (Å²) in [6.07, 6.45) is 1.36. The minimum atomic E-state index is -0.466. The maximum absolute atomic E-state index is 11.8. The maximum Gasteiger partial charge on any atom is 0.344 e.